The number of carboxylic acid groups (broad SMARTS) is 1. The zero-order valence-corrected chi connectivity index (χ0v) is 19.7. The van der Waals surface area contributed by atoms with Crippen LogP contribution < -0.4 is 10.5 Å². The number of nitrogens with two attached hydrogens (primary N) is 1. The molecule has 4 aliphatic rings. The van der Waals surface area contributed by atoms with Crippen molar-refractivity contribution in [1.29, 1.82) is 0 Å². The fraction of sp³-hybridized carbons (Fsp3) is 0.520. The predicted molar refractivity (Wildman–Crippen MR) is 123 cm³/mol. The van der Waals surface area contributed by atoms with Gasteiger partial charge in [0.05, 0.1) is 23.5 Å². The Bertz CT molecular complexity index is 1150. The van der Waals surface area contributed by atoms with E-state index in [1.807, 2.05) is 13.1 Å². The van der Waals surface area contributed by atoms with Crippen LogP contribution in [-0.4, -0.2) is 75.6 Å². The molecule has 188 valence electrons. The lowest BCUT2D eigenvalue weighted by Gasteiger charge is -2.61. The highest BCUT2D eigenvalue weighted by Crippen LogP contribution is 2.65. The number of aromatic hydroxyl groups is 1. The maximum Gasteiger partial charge on any atom is 0.352 e. The average Bonchev–Trinajstić information content (AvgIpc) is 3.15. The second-order valence-electron chi connectivity index (χ2n) is 9.95. The Kier molecular flexibility index (Phi) is 5.39. The number of esters is 1. The minimum Gasteiger partial charge on any atom is -0.504 e. The van der Waals surface area contributed by atoms with Crippen molar-refractivity contribution in [1.82, 2.24) is 4.90 Å². The molecule has 0 saturated carbocycles. The molecule has 2 bridgehead atoms. The summed E-state index contributed by atoms with van der Waals surface area (Å²) in [7, 11) is 1.99. The van der Waals surface area contributed by atoms with E-state index < -0.39 is 41.2 Å². The zero-order valence-electron chi connectivity index (χ0n) is 19.7. The number of aliphatic hydroxyl groups is 1. The summed E-state index contributed by atoms with van der Waals surface area (Å²) in [6, 6.07) is 2.34. The smallest absolute Gasteiger partial charge is 0.352 e. The minimum atomic E-state index is -1.16. The lowest BCUT2D eigenvalue weighted by Crippen LogP contribution is -2.74. The van der Waals surface area contributed by atoms with E-state index in [0.29, 0.717) is 25.1 Å². The Morgan fingerprint density at radius 2 is 2.14 bits per heavy atom. The van der Waals surface area contributed by atoms with Gasteiger partial charge in [-0.15, -0.1) is 0 Å². The van der Waals surface area contributed by atoms with Gasteiger partial charge in [0.25, 0.3) is 0 Å². The van der Waals surface area contributed by atoms with Crippen LogP contribution in [0.4, 0.5) is 0 Å². The van der Waals surface area contributed by atoms with Crippen LogP contribution in [0.25, 0.3) is 0 Å². The summed E-state index contributed by atoms with van der Waals surface area (Å²) in [6.45, 7) is 5.80. The molecule has 35 heavy (non-hydrogen) atoms. The number of likely N-dealkylation sites (N-methyl/N-ethyl adjacent to an activating group) is 1. The first-order valence-corrected chi connectivity index (χ1v) is 11.7. The quantitative estimate of drug-likeness (QED) is 0.324. The van der Waals surface area contributed by atoms with Crippen molar-refractivity contribution in [2.45, 2.75) is 67.9 Å². The number of rotatable bonds is 7. The van der Waals surface area contributed by atoms with Gasteiger partial charge >= 0.3 is 11.9 Å². The molecule has 0 aromatic heterocycles. The number of carbonyl (C=O) groups excluding carboxylic acids is 1. The summed E-state index contributed by atoms with van der Waals surface area (Å²) in [5.41, 5.74) is 5.54. The number of phenolic OH excluding ortho intramolecular Hbond substituents is 1. The molecule has 0 radical (unpaired) electrons. The maximum atomic E-state index is 12.9. The number of carboxylic acids is 1. The molecule has 1 saturated heterocycles. The van der Waals surface area contributed by atoms with Crippen LogP contribution in [0.1, 0.15) is 37.3 Å². The summed E-state index contributed by atoms with van der Waals surface area (Å²) < 4.78 is 17.4. The maximum absolute atomic E-state index is 12.9. The van der Waals surface area contributed by atoms with E-state index >= 15 is 0 Å². The van der Waals surface area contributed by atoms with Gasteiger partial charge in [-0.05, 0) is 51.1 Å². The summed E-state index contributed by atoms with van der Waals surface area (Å²) in [5.74, 6) is -1.31. The molecule has 2 aliphatic carbocycles. The average molecular weight is 487 g/mol. The lowest BCUT2D eigenvalue weighted by atomic mass is 9.50. The van der Waals surface area contributed by atoms with Crippen molar-refractivity contribution in [3.05, 3.63) is 47.4 Å². The summed E-state index contributed by atoms with van der Waals surface area (Å²) in [6.07, 6.45) is 0.831. The molecule has 0 amide bonds. The molecular weight excluding hydrogens is 456 g/mol. The minimum absolute atomic E-state index is 0.0154. The number of aliphatic carboxylic acids is 1. The highest BCUT2D eigenvalue weighted by molar-refractivity contribution is 5.76. The van der Waals surface area contributed by atoms with Gasteiger partial charge in [0.15, 0.2) is 23.7 Å². The molecule has 6 atom stereocenters. The molecule has 1 aromatic rings. The van der Waals surface area contributed by atoms with Crippen LogP contribution in [0.15, 0.2) is 36.3 Å². The number of hydrogen-bond donors (Lipinski definition) is 4. The first-order chi connectivity index (χ1) is 16.5. The van der Waals surface area contributed by atoms with Crippen molar-refractivity contribution < 1.29 is 39.1 Å². The van der Waals surface area contributed by atoms with E-state index in [2.05, 4.69) is 11.5 Å². The monoisotopic (exact) mass is 486 g/mol. The zero-order chi connectivity index (χ0) is 25.3. The van der Waals surface area contributed by atoms with E-state index in [4.69, 9.17) is 25.1 Å². The normalized spacial score (nSPS) is 31.9. The standard InChI is InChI=1S/C25H30N2O8/c1-12(15(26)11-19(29)30)33-13(2)23(31)34-17-6-7-25(32)18-10-14-4-5-16(28)21-20(14)24(25,22(17)35-21)8-9-27(18)3/h4-6,13,15,18,22,28,32H,1,7-11,26H2,2-3H3,(H,29,30)/t13-,15-,18+,22-,24-,25+/m0/s1. The second-order valence-corrected chi connectivity index (χ2v) is 9.95. The van der Waals surface area contributed by atoms with E-state index in [0.717, 1.165) is 11.1 Å². The molecule has 10 heteroatoms. The van der Waals surface area contributed by atoms with Gasteiger partial charge in [0.1, 0.15) is 11.5 Å². The van der Waals surface area contributed by atoms with Gasteiger partial charge in [0, 0.05) is 18.0 Å². The van der Waals surface area contributed by atoms with E-state index in [1.54, 1.807) is 12.1 Å². The highest BCUT2D eigenvalue weighted by Gasteiger charge is 2.72. The third-order valence-corrected chi connectivity index (χ3v) is 8.04. The number of carbonyl (C=O) groups is 2. The number of nitrogens with zero attached hydrogens (tertiary/aromatic N) is 1. The van der Waals surface area contributed by atoms with Gasteiger partial charge in [-0.2, -0.15) is 0 Å². The molecule has 1 fully saturated rings. The van der Waals surface area contributed by atoms with Gasteiger partial charge in [-0.25, -0.2) is 4.79 Å². The Morgan fingerprint density at radius 3 is 2.86 bits per heavy atom. The largest absolute Gasteiger partial charge is 0.504 e. The van der Waals surface area contributed by atoms with Crippen LogP contribution in [-0.2, 0) is 30.9 Å². The fourth-order valence-electron chi connectivity index (χ4n) is 6.30. The number of ether oxygens (including phenoxy) is 3. The van der Waals surface area contributed by atoms with Crippen LogP contribution in [0.3, 0.4) is 0 Å². The molecule has 2 aliphatic heterocycles. The Labute approximate surface area is 202 Å². The molecule has 1 spiro atoms. The molecule has 2 heterocycles. The predicted octanol–water partition coefficient (Wildman–Crippen LogP) is 0.934. The summed E-state index contributed by atoms with van der Waals surface area (Å²) in [5, 5.41) is 31.6. The van der Waals surface area contributed by atoms with Gasteiger partial charge in [-0.3, -0.25) is 4.79 Å². The van der Waals surface area contributed by atoms with Crippen LogP contribution in [0, 0.1) is 0 Å². The molecule has 10 nitrogen and oxygen atoms in total. The van der Waals surface area contributed by atoms with Gasteiger partial charge in [-0.1, -0.05) is 12.6 Å². The number of phenols is 1. The number of hydrogen-bond acceptors (Lipinski definition) is 9. The summed E-state index contributed by atoms with van der Waals surface area (Å²) in [4.78, 5) is 26.0. The number of likely N-dealkylation sites (tertiary alicyclic amines) is 1. The molecule has 5 rings (SSSR count). The SMILES string of the molecule is C=C(O[C@@H](C)C(=O)OC1=CC[C@@]2(O)[C@H]3Cc4ccc(O)c5c4[C@@]2(CCN3C)[C@H]1O5)[C@@H](N)CC(=O)O. The number of benzene rings is 1. The van der Waals surface area contributed by atoms with Crippen molar-refractivity contribution in [2.75, 3.05) is 13.6 Å². The second kappa shape index (κ2) is 7.97. The van der Waals surface area contributed by atoms with E-state index in [-0.39, 0.29) is 36.2 Å². The van der Waals surface area contributed by atoms with Crippen molar-refractivity contribution in [2.24, 2.45) is 5.73 Å². The Balaban J connectivity index is 1.43. The lowest BCUT2D eigenvalue weighted by molar-refractivity contribution is -0.172. The highest BCUT2D eigenvalue weighted by atomic mass is 16.6. The fourth-order valence-corrected chi connectivity index (χ4v) is 6.30. The first kappa shape index (κ1) is 23.7. The topological polar surface area (TPSA) is 152 Å². The van der Waals surface area contributed by atoms with Crippen LogP contribution >= 0.6 is 0 Å². The summed E-state index contributed by atoms with van der Waals surface area (Å²) >= 11 is 0. The first-order valence-electron chi connectivity index (χ1n) is 11.7. The van der Waals surface area contributed by atoms with Crippen molar-refractivity contribution >= 4 is 11.9 Å². The third-order valence-electron chi connectivity index (χ3n) is 8.04. The van der Waals surface area contributed by atoms with E-state index in [1.165, 1.54) is 6.92 Å². The Hall–Kier alpha value is -3.08. The molecular formula is C25H30N2O8. The van der Waals surface area contributed by atoms with Crippen LogP contribution in [0.5, 0.6) is 11.5 Å². The van der Waals surface area contributed by atoms with Gasteiger partial charge < -0.3 is 40.2 Å². The van der Waals surface area contributed by atoms with Gasteiger partial charge in [0.2, 0.25) is 0 Å². The number of piperidine rings is 1. The van der Waals surface area contributed by atoms with Crippen LogP contribution in [0.2, 0.25) is 0 Å². The third kappa shape index (κ3) is 3.27. The Morgan fingerprint density at radius 1 is 1.40 bits per heavy atom. The molecule has 0 unspecified atom stereocenters. The van der Waals surface area contributed by atoms with Crippen molar-refractivity contribution in [3.8, 4) is 11.5 Å². The molecule has 1 aromatic carbocycles. The molecule has 5 N–H and O–H groups in total. The van der Waals surface area contributed by atoms with E-state index in [9.17, 15) is 19.8 Å². The van der Waals surface area contributed by atoms with Crippen molar-refractivity contribution in [3.63, 3.8) is 0 Å².